The quantitative estimate of drug-likeness (QED) is 0.218. The van der Waals surface area contributed by atoms with Crippen LogP contribution in [-0.4, -0.2) is 40.1 Å². The number of nitrogens with zero attached hydrogens (tertiary/aromatic N) is 2. The van der Waals surface area contributed by atoms with E-state index in [0.29, 0.717) is 32.6 Å². The van der Waals surface area contributed by atoms with Gasteiger partial charge in [-0.25, -0.2) is 9.69 Å². The molecule has 2 aliphatic rings. The number of carbonyl (C=O) groups excluding carboxylic acids is 4. The number of rotatable bonds is 7. The molecule has 42 heavy (non-hydrogen) atoms. The van der Waals surface area contributed by atoms with Crippen molar-refractivity contribution in [3.8, 4) is 0 Å². The van der Waals surface area contributed by atoms with Crippen molar-refractivity contribution in [1.29, 1.82) is 0 Å². The molecule has 13 heteroatoms. The van der Waals surface area contributed by atoms with E-state index in [9.17, 15) is 24.0 Å². The van der Waals surface area contributed by atoms with Crippen molar-refractivity contribution in [2.75, 3.05) is 16.8 Å². The molecule has 1 saturated heterocycles. The maximum absolute atomic E-state index is 13.8. The fraction of sp³-hybridized carbons (Fsp3) is 0.207. The third-order valence-electron chi connectivity index (χ3n) is 6.97. The Kier molecular flexibility index (Phi) is 7.64. The van der Waals surface area contributed by atoms with Gasteiger partial charge in [0.2, 0.25) is 17.7 Å². The Labute approximate surface area is 255 Å². The van der Waals surface area contributed by atoms with Gasteiger partial charge in [-0.3, -0.25) is 23.7 Å². The van der Waals surface area contributed by atoms with E-state index in [1.165, 1.54) is 27.9 Å². The van der Waals surface area contributed by atoms with Crippen molar-refractivity contribution in [2.45, 2.75) is 29.7 Å². The molecule has 0 radical (unpaired) electrons. The standard InChI is InChI=1S/C29H22BrN3O7S2/c1-2-39-28(37)15-5-9-17(10-6-15)31-20(34)14-32-27-24(42-29(32)38)21(19-4-3-13-40-19)22-23(41-27)26(36)33(25(22)35)18-11-7-16(30)8-12-18/h3-13,21-23H,2,14H2,1H3,(H,31,34). The van der Waals surface area contributed by atoms with Gasteiger partial charge in [-0.1, -0.05) is 39.0 Å². The molecule has 3 atom stereocenters. The minimum absolute atomic E-state index is 0.249. The van der Waals surface area contributed by atoms with Crippen LogP contribution in [0.3, 0.4) is 0 Å². The lowest BCUT2D eigenvalue weighted by Gasteiger charge is -2.29. The van der Waals surface area contributed by atoms with Gasteiger partial charge in [-0.2, -0.15) is 0 Å². The molecule has 0 spiro atoms. The minimum atomic E-state index is -0.817. The van der Waals surface area contributed by atoms with Gasteiger partial charge in [-0.15, -0.1) is 0 Å². The van der Waals surface area contributed by atoms with Crippen LogP contribution in [0.1, 0.15) is 33.8 Å². The Morgan fingerprint density at radius 1 is 1.02 bits per heavy atom. The van der Waals surface area contributed by atoms with Crippen LogP contribution in [0.15, 0.2) is 85.6 Å². The van der Waals surface area contributed by atoms with E-state index >= 15 is 0 Å². The summed E-state index contributed by atoms with van der Waals surface area (Å²) in [6, 6.07) is 16.5. The average molecular weight is 669 g/mol. The number of furan rings is 1. The zero-order valence-electron chi connectivity index (χ0n) is 21.9. The molecule has 2 aliphatic heterocycles. The summed E-state index contributed by atoms with van der Waals surface area (Å²) in [5.74, 6) is -2.70. The average Bonchev–Trinajstić information content (AvgIpc) is 3.67. The number of aromatic nitrogens is 1. The maximum Gasteiger partial charge on any atom is 0.338 e. The Bertz CT molecular complexity index is 1750. The number of fused-ring (bicyclic) bond motifs is 2. The lowest BCUT2D eigenvalue weighted by molar-refractivity contribution is -0.122. The lowest BCUT2D eigenvalue weighted by atomic mass is 9.87. The van der Waals surface area contributed by atoms with Crippen molar-refractivity contribution in [2.24, 2.45) is 5.92 Å². The maximum atomic E-state index is 13.8. The largest absolute Gasteiger partial charge is 0.469 e. The zero-order valence-corrected chi connectivity index (χ0v) is 25.2. The first kappa shape index (κ1) is 28.2. The van der Waals surface area contributed by atoms with Gasteiger partial charge < -0.3 is 14.5 Å². The predicted molar refractivity (Wildman–Crippen MR) is 160 cm³/mol. The fourth-order valence-electron chi connectivity index (χ4n) is 5.12. The molecule has 3 unspecified atom stereocenters. The van der Waals surface area contributed by atoms with E-state index < -0.39 is 34.9 Å². The monoisotopic (exact) mass is 667 g/mol. The second-order valence-corrected chi connectivity index (χ2v) is 12.6. The molecule has 6 rings (SSSR count). The van der Waals surface area contributed by atoms with Crippen LogP contribution in [-0.2, 0) is 25.7 Å². The molecule has 0 saturated carbocycles. The summed E-state index contributed by atoms with van der Waals surface area (Å²) in [6.45, 7) is 1.66. The first-order chi connectivity index (χ1) is 20.3. The summed E-state index contributed by atoms with van der Waals surface area (Å²) >= 11 is 5.44. The number of nitrogens with one attached hydrogen (secondary N) is 1. The second kappa shape index (κ2) is 11.4. The molecule has 214 valence electrons. The SMILES string of the molecule is CCOC(=O)c1ccc(NC(=O)Cn2c3c(sc2=O)C(c2ccco2)C2C(=O)N(c4ccc(Br)cc4)C(=O)C2S3)cc1. The normalized spacial score (nSPS) is 19.4. The Morgan fingerprint density at radius 3 is 2.43 bits per heavy atom. The number of thioether (sulfide) groups is 1. The number of imide groups is 1. The summed E-state index contributed by atoms with van der Waals surface area (Å²) in [5.41, 5.74) is 1.24. The van der Waals surface area contributed by atoms with Gasteiger partial charge in [0.05, 0.1) is 45.9 Å². The van der Waals surface area contributed by atoms with Crippen LogP contribution in [0, 0.1) is 5.92 Å². The van der Waals surface area contributed by atoms with Crippen LogP contribution < -0.4 is 15.1 Å². The topological polar surface area (TPSA) is 128 Å². The van der Waals surface area contributed by atoms with Crippen LogP contribution >= 0.6 is 39.0 Å². The van der Waals surface area contributed by atoms with E-state index in [0.717, 1.165) is 27.6 Å². The first-order valence-corrected chi connectivity index (χ1v) is 15.4. The number of anilines is 2. The van der Waals surface area contributed by atoms with Crippen LogP contribution in [0.2, 0.25) is 0 Å². The number of halogens is 1. The second-order valence-electron chi connectivity index (χ2n) is 9.52. The molecule has 1 fully saturated rings. The number of hydrogen-bond acceptors (Lipinski definition) is 9. The number of esters is 1. The van der Waals surface area contributed by atoms with Gasteiger partial charge in [0, 0.05) is 10.2 Å². The third kappa shape index (κ3) is 5.01. The van der Waals surface area contributed by atoms with Crippen molar-refractivity contribution in [1.82, 2.24) is 4.57 Å². The van der Waals surface area contributed by atoms with E-state index in [-0.39, 0.29) is 23.9 Å². The first-order valence-electron chi connectivity index (χ1n) is 12.9. The Balaban J connectivity index is 1.30. The molecule has 0 bridgehead atoms. The van der Waals surface area contributed by atoms with Gasteiger partial charge in [0.1, 0.15) is 17.6 Å². The highest BCUT2D eigenvalue weighted by molar-refractivity contribution is 9.10. The van der Waals surface area contributed by atoms with Crippen LogP contribution in [0.25, 0.3) is 0 Å². The molecule has 0 aliphatic carbocycles. The van der Waals surface area contributed by atoms with Crippen molar-refractivity contribution < 1.29 is 28.3 Å². The van der Waals surface area contributed by atoms with Gasteiger partial charge >= 0.3 is 10.8 Å². The van der Waals surface area contributed by atoms with Crippen molar-refractivity contribution in [3.05, 3.63) is 97.3 Å². The predicted octanol–water partition coefficient (Wildman–Crippen LogP) is 4.88. The smallest absolute Gasteiger partial charge is 0.338 e. The summed E-state index contributed by atoms with van der Waals surface area (Å²) in [7, 11) is 0. The molecular formula is C29H22BrN3O7S2. The molecule has 10 nitrogen and oxygen atoms in total. The zero-order chi connectivity index (χ0) is 29.5. The molecular weight excluding hydrogens is 646 g/mol. The van der Waals surface area contributed by atoms with E-state index in [1.54, 1.807) is 55.5 Å². The number of benzene rings is 2. The summed E-state index contributed by atoms with van der Waals surface area (Å²) < 4.78 is 12.8. The van der Waals surface area contributed by atoms with Crippen molar-refractivity contribution >= 4 is 74.1 Å². The van der Waals surface area contributed by atoms with Crippen LogP contribution in [0.5, 0.6) is 0 Å². The van der Waals surface area contributed by atoms with E-state index in [1.807, 2.05) is 0 Å². The number of hydrogen-bond donors (Lipinski definition) is 1. The molecule has 2 aromatic heterocycles. The van der Waals surface area contributed by atoms with E-state index in [4.69, 9.17) is 9.15 Å². The molecule has 4 aromatic rings. The third-order valence-corrected chi connectivity index (χ3v) is 10.1. The lowest BCUT2D eigenvalue weighted by Crippen LogP contribution is -2.32. The van der Waals surface area contributed by atoms with Crippen LogP contribution in [0.4, 0.5) is 11.4 Å². The van der Waals surface area contributed by atoms with E-state index in [2.05, 4.69) is 21.2 Å². The molecule has 3 amide bonds. The number of amides is 3. The minimum Gasteiger partial charge on any atom is -0.469 e. The Morgan fingerprint density at radius 2 is 1.76 bits per heavy atom. The highest BCUT2D eigenvalue weighted by Crippen LogP contribution is 2.54. The highest BCUT2D eigenvalue weighted by atomic mass is 79.9. The highest BCUT2D eigenvalue weighted by Gasteiger charge is 2.57. The molecule has 2 aromatic carbocycles. The van der Waals surface area contributed by atoms with Gasteiger partial charge in [0.25, 0.3) is 0 Å². The summed E-state index contributed by atoms with van der Waals surface area (Å²) in [6.07, 6.45) is 1.49. The summed E-state index contributed by atoms with van der Waals surface area (Å²) in [5, 5.41) is 2.38. The summed E-state index contributed by atoms with van der Waals surface area (Å²) in [4.78, 5) is 67.0. The van der Waals surface area contributed by atoms with Gasteiger partial charge in [-0.05, 0) is 67.6 Å². The number of thiazole rings is 1. The van der Waals surface area contributed by atoms with Crippen molar-refractivity contribution in [3.63, 3.8) is 0 Å². The number of carbonyl (C=O) groups is 4. The molecule has 1 N–H and O–H groups in total. The Hall–Kier alpha value is -3.94. The molecule has 4 heterocycles. The van der Waals surface area contributed by atoms with Gasteiger partial charge in [0.15, 0.2) is 0 Å². The fourth-order valence-corrected chi connectivity index (χ4v) is 8.14. The number of ether oxygens (including phenoxy) is 1.